The molecule has 0 saturated carbocycles. The Bertz CT molecular complexity index is 528. The highest BCUT2D eigenvalue weighted by Crippen LogP contribution is 2.26. The minimum absolute atomic E-state index is 0.0323. The van der Waals surface area contributed by atoms with Gasteiger partial charge in [-0.15, -0.1) is 0 Å². The van der Waals surface area contributed by atoms with E-state index in [1.54, 1.807) is 7.11 Å². The number of methoxy groups -OCH3 is 1. The number of halogens is 1. The van der Waals surface area contributed by atoms with Crippen molar-refractivity contribution >= 4 is 11.6 Å². The predicted octanol–water partition coefficient (Wildman–Crippen LogP) is 3.98. The first-order valence-electron chi connectivity index (χ1n) is 6.33. The molecule has 0 aliphatic carbocycles. The van der Waals surface area contributed by atoms with Crippen LogP contribution >= 0.6 is 11.6 Å². The van der Waals surface area contributed by atoms with Crippen molar-refractivity contribution in [1.82, 2.24) is 0 Å². The average Bonchev–Trinajstić information content (AvgIpc) is 2.46. The third-order valence-electron chi connectivity index (χ3n) is 3.19. The first kappa shape index (κ1) is 13.9. The highest BCUT2D eigenvalue weighted by atomic mass is 35.5. The first-order valence-corrected chi connectivity index (χ1v) is 6.71. The van der Waals surface area contributed by atoms with Gasteiger partial charge in [0, 0.05) is 11.1 Å². The van der Waals surface area contributed by atoms with Crippen LogP contribution in [0, 0.1) is 0 Å². The zero-order valence-corrected chi connectivity index (χ0v) is 11.7. The lowest BCUT2D eigenvalue weighted by Crippen LogP contribution is -2.11. The molecule has 2 rings (SSSR count). The van der Waals surface area contributed by atoms with Crippen molar-refractivity contribution in [2.24, 2.45) is 5.73 Å². The minimum Gasteiger partial charge on any atom is -0.496 e. The SMILES string of the molecule is COc1ccc(Cl)cc1CCC(N)c1ccccc1. The molecular weight excluding hydrogens is 258 g/mol. The molecule has 2 nitrogen and oxygen atoms in total. The van der Waals surface area contributed by atoms with E-state index in [4.69, 9.17) is 22.1 Å². The molecule has 2 N–H and O–H groups in total. The number of benzene rings is 2. The Morgan fingerprint density at radius 3 is 2.58 bits per heavy atom. The van der Waals surface area contributed by atoms with Crippen LogP contribution in [0.3, 0.4) is 0 Å². The van der Waals surface area contributed by atoms with Crippen LogP contribution in [0.5, 0.6) is 5.75 Å². The summed E-state index contributed by atoms with van der Waals surface area (Å²) in [5, 5.41) is 0.726. The van der Waals surface area contributed by atoms with Crippen LogP contribution in [0.25, 0.3) is 0 Å². The second kappa shape index (κ2) is 6.60. The molecule has 2 aromatic rings. The van der Waals surface area contributed by atoms with Gasteiger partial charge in [0.15, 0.2) is 0 Å². The van der Waals surface area contributed by atoms with E-state index >= 15 is 0 Å². The smallest absolute Gasteiger partial charge is 0.122 e. The molecule has 0 radical (unpaired) electrons. The van der Waals surface area contributed by atoms with Gasteiger partial charge in [-0.05, 0) is 42.2 Å². The second-order valence-electron chi connectivity index (χ2n) is 4.51. The number of nitrogens with two attached hydrogens (primary N) is 1. The third kappa shape index (κ3) is 3.72. The molecule has 1 atom stereocenters. The fourth-order valence-electron chi connectivity index (χ4n) is 2.12. The van der Waals surface area contributed by atoms with Crippen LogP contribution in [0.2, 0.25) is 5.02 Å². The lowest BCUT2D eigenvalue weighted by atomic mass is 9.99. The number of ether oxygens (including phenoxy) is 1. The van der Waals surface area contributed by atoms with Crippen LogP contribution < -0.4 is 10.5 Å². The highest BCUT2D eigenvalue weighted by Gasteiger charge is 2.09. The summed E-state index contributed by atoms with van der Waals surface area (Å²) in [6, 6.07) is 15.8. The molecule has 1 unspecified atom stereocenters. The molecule has 0 saturated heterocycles. The van der Waals surface area contributed by atoms with E-state index in [-0.39, 0.29) is 6.04 Å². The van der Waals surface area contributed by atoms with E-state index in [1.807, 2.05) is 36.4 Å². The average molecular weight is 276 g/mol. The summed E-state index contributed by atoms with van der Waals surface area (Å²) in [4.78, 5) is 0. The lowest BCUT2D eigenvalue weighted by molar-refractivity contribution is 0.408. The summed E-state index contributed by atoms with van der Waals surface area (Å²) in [6.45, 7) is 0. The third-order valence-corrected chi connectivity index (χ3v) is 3.43. The van der Waals surface area contributed by atoms with Crippen LogP contribution in [0.1, 0.15) is 23.6 Å². The van der Waals surface area contributed by atoms with E-state index in [1.165, 1.54) is 0 Å². The Kier molecular flexibility index (Phi) is 4.83. The molecule has 0 heterocycles. The van der Waals surface area contributed by atoms with Crippen molar-refractivity contribution < 1.29 is 4.74 Å². The fourth-order valence-corrected chi connectivity index (χ4v) is 2.32. The van der Waals surface area contributed by atoms with E-state index < -0.39 is 0 Å². The van der Waals surface area contributed by atoms with Gasteiger partial charge in [-0.25, -0.2) is 0 Å². The Morgan fingerprint density at radius 1 is 1.16 bits per heavy atom. The van der Waals surface area contributed by atoms with Crippen molar-refractivity contribution in [3.05, 3.63) is 64.7 Å². The highest BCUT2D eigenvalue weighted by molar-refractivity contribution is 6.30. The standard InChI is InChI=1S/C16H18ClNO/c1-19-16-10-8-14(17)11-13(16)7-9-15(18)12-5-3-2-4-6-12/h2-6,8,10-11,15H,7,9,18H2,1H3. The van der Waals surface area contributed by atoms with E-state index in [0.717, 1.165) is 34.7 Å². The maximum atomic E-state index is 6.20. The second-order valence-corrected chi connectivity index (χ2v) is 4.95. The number of hydrogen-bond donors (Lipinski definition) is 1. The molecule has 0 fully saturated rings. The first-order chi connectivity index (χ1) is 9.20. The van der Waals surface area contributed by atoms with Crippen molar-refractivity contribution in [3.8, 4) is 5.75 Å². The summed E-state index contributed by atoms with van der Waals surface area (Å²) in [5.41, 5.74) is 8.45. The Hall–Kier alpha value is -1.51. The molecule has 100 valence electrons. The van der Waals surface area contributed by atoms with E-state index in [0.29, 0.717) is 0 Å². The van der Waals surface area contributed by atoms with Crippen molar-refractivity contribution in [2.75, 3.05) is 7.11 Å². The lowest BCUT2D eigenvalue weighted by Gasteiger charge is -2.14. The molecular formula is C16H18ClNO. The zero-order chi connectivity index (χ0) is 13.7. The Morgan fingerprint density at radius 2 is 1.89 bits per heavy atom. The van der Waals surface area contributed by atoms with Gasteiger partial charge < -0.3 is 10.5 Å². The van der Waals surface area contributed by atoms with Gasteiger partial charge in [0.2, 0.25) is 0 Å². The van der Waals surface area contributed by atoms with Gasteiger partial charge >= 0.3 is 0 Å². The van der Waals surface area contributed by atoms with Crippen LogP contribution in [0.4, 0.5) is 0 Å². The van der Waals surface area contributed by atoms with Gasteiger partial charge in [0.05, 0.1) is 7.11 Å². The molecule has 0 aromatic heterocycles. The molecule has 19 heavy (non-hydrogen) atoms. The molecule has 0 amide bonds. The number of aryl methyl sites for hydroxylation is 1. The van der Waals surface area contributed by atoms with Gasteiger partial charge in [-0.1, -0.05) is 41.9 Å². The molecule has 0 aliphatic heterocycles. The van der Waals surface area contributed by atoms with Crippen LogP contribution in [0.15, 0.2) is 48.5 Å². The molecule has 2 aromatic carbocycles. The van der Waals surface area contributed by atoms with Gasteiger partial charge in [0.1, 0.15) is 5.75 Å². The summed E-state index contributed by atoms with van der Waals surface area (Å²) in [6.07, 6.45) is 1.71. The van der Waals surface area contributed by atoms with E-state index in [9.17, 15) is 0 Å². The summed E-state index contributed by atoms with van der Waals surface area (Å²) < 4.78 is 5.34. The fraction of sp³-hybridized carbons (Fsp3) is 0.250. The number of rotatable bonds is 5. The predicted molar refractivity (Wildman–Crippen MR) is 79.7 cm³/mol. The van der Waals surface area contributed by atoms with Crippen molar-refractivity contribution in [1.29, 1.82) is 0 Å². The summed E-state index contributed by atoms with van der Waals surface area (Å²) >= 11 is 6.02. The van der Waals surface area contributed by atoms with Crippen molar-refractivity contribution in [2.45, 2.75) is 18.9 Å². The topological polar surface area (TPSA) is 35.2 Å². The van der Waals surface area contributed by atoms with Crippen LogP contribution in [-0.4, -0.2) is 7.11 Å². The van der Waals surface area contributed by atoms with Gasteiger partial charge in [-0.3, -0.25) is 0 Å². The maximum absolute atomic E-state index is 6.20. The normalized spacial score (nSPS) is 12.2. The molecule has 3 heteroatoms. The summed E-state index contributed by atoms with van der Waals surface area (Å²) in [5.74, 6) is 0.865. The molecule has 0 bridgehead atoms. The quantitative estimate of drug-likeness (QED) is 0.896. The Labute approximate surface area is 119 Å². The minimum atomic E-state index is 0.0323. The maximum Gasteiger partial charge on any atom is 0.122 e. The zero-order valence-electron chi connectivity index (χ0n) is 11.0. The van der Waals surface area contributed by atoms with E-state index in [2.05, 4.69) is 12.1 Å². The monoisotopic (exact) mass is 275 g/mol. The summed E-state index contributed by atoms with van der Waals surface area (Å²) in [7, 11) is 1.67. The van der Waals surface area contributed by atoms with Crippen LogP contribution in [-0.2, 0) is 6.42 Å². The van der Waals surface area contributed by atoms with Gasteiger partial charge in [-0.2, -0.15) is 0 Å². The van der Waals surface area contributed by atoms with Gasteiger partial charge in [0.25, 0.3) is 0 Å². The van der Waals surface area contributed by atoms with Crippen molar-refractivity contribution in [3.63, 3.8) is 0 Å². The largest absolute Gasteiger partial charge is 0.496 e. The Balaban J connectivity index is 2.04. The molecule has 0 aliphatic rings. The molecule has 0 spiro atoms. The number of hydrogen-bond acceptors (Lipinski definition) is 2.